The molecule has 0 aromatic rings. The molecule has 3 atom stereocenters. The zero-order valence-electron chi connectivity index (χ0n) is 11.8. The fourth-order valence-corrected chi connectivity index (χ4v) is 3.91. The van der Waals surface area contributed by atoms with E-state index in [1.54, 1.807) is 0 Å². The number of ether oxygens (including phenoxy) is 2. The Morgan fingerprint density at radius 3 is 2.68 bits per heavy atom. The number of carbonyl (C=O) groups excluding carboxylic acids is 1. The molecule has 19 heavy (non-hydrogen) atoms. The van der Waals surface area contributed by atoms with Gasteiger partial charge in [-0.3, -0.25) is 4.79 Å². The van der Waals surface area contributed by atoms with Gasteiger partial charge in [0.15, 0.2) is 0 Å². The van der Waals surface area contributed by atoms with Crippen molar-refractivity contribution >= 4 is 5.78 Å². The smallest absolute Gasteiger partial charge is 0.140 e. The van der Waals surface area contributed by atoms with Crippen molar-refractivity contribution in [1.29, 1.82) is 0 Å². The number of nitrogens with one attached hydrogen (secondary N) is 1. The molecule has 0 amide bonds. The highest BCUT2D eigenvalue weighted by Crippen LogP contribution is 2.39. The summed E-state index contributed by atoms with van der Waals surface area (Å²) < 4.78 is 11.5. The van der Waals surface area contributed by atoms with Crippen molar-refractivity contribution in [2.24, 2.45) is 11.8 Å². The van der Waals surface area contributed by atoms with E-state index in [1.165, 1.54) is 0 Å². The Morgan fingerprint density at radius 2 is 2.00 bits per heavy atom. The molecule has 108 valence electrons. The minimum atomic E-state index is -0.0634. The first kappa shape index (κ1) is 13.5. The third kappa shape index (κ3) is 2.71. The second-order valence-corrected chi connectivity index (χ2v) is 6.37. The predicted molar refractivity (Wildman–Crippen MR) is 72.0 cm³/mol. The van der Waals surface area contributed by atoms with E-state index in [9.17, 15) is 4.79 Å². The van der Waals surface area contributed by atoms with Crippen LogP contribution in [0.4, 0.5) is 0 Å². The van der Waals surface area contributed by atoms with E-state index in [0.29, 0.717) is 11.8 Å². The van der Waals surface area contributed by atoms with Crippen LogP contribution in [0.15, 0.2) is 0 Å². The van der Waals surface area contributed by atoms with Gasteiger partial charge in [0.05, 0.1) is 5.60 Å². The molecule has 3 saturated heterocycles. The molecule has 0 saturated carbocycles. The van der Waals surface area contributed by atoms with Gasteiger partial charge in [0.1, 0.15) is 5.78 Å². The molecule has 3 rings (SSSR count). The summed E-state index contributed by atoms with van der Waals surface area (Å²) in [6.45, 7) is 5.43. The number of hydrogen-bond acceptors (Lipinski definition) is 4. The highest BCUT2D eigenvalue weighted by atomic mass is 16.5. The maximum absolute atomic E-state index is 12.7. The van der Waals surface area contributed by atoms with Gasteiger partial charge in [0.25, 0.3) is 0 Å². The molecule has 3 aliphatic heterocycles. The molecule has 3 fully saturated rings. The molecule has 0 bridgehead atoms. The summed E-state index contributed by atoms with van der Waals surface area (Å²) in [7, 11) is 0. The largest absolute Gasteiger partial charge is 0.381 e. The van der Waals surface area contributed by atoms with Crippen LogP contribution in [-0.2, 0) is 14.3 Å². The predicted octanol–water partition coefficient (Wildman–Crippen LogP) is 1.53. The van der Waals surface area contributed by atoms with Crippen LogP contribution >= 0.6 is 0 Å². The standard InChI is InChI=1S/C15H25NO3/c1-11-13(2-6-16-11)14(17)12-3-7-19-15(10-12)4-8-18-9-5-15/h11-13,16H,2-10H2,1H3. The summed E-state index contributed by atoms with van der Waals surface area (Å²) in [5.74, 6) is 0.908. The molecule has 0 radical (unpaired) electrons. The van der Waals surface area contributed by atoms with Crippen molar-refractivity contribution in [1.82, 2.24) is 5.32 Å². The monoisotopic (exact) mass is 267 g/mol. The first-order valence-electron chi connectivity index (χ1n) is 7.69. The zero-order valence-corrected chi connectivity index (χ0v) is 11.8. The highest BCUT2D eigenvalue weighted by molar-refractivity contribution is 5.84. The van der Waals surface area contributed by atoms with Crippen molar-refractivity contribution in [3.05, 3.63) is 0 Å². The summed E-state index contributed by atoms with van der Waals surface area (Å²) in [4.78, 5) is 12.7. The van der Waals surface area contributed by atoms with Gasteiger partial charge in [-0.15, -0.1) is 0 Å². The van der Waals surface area contributed by atoms with Crippen LogP contribution in [0.3, 0.4) is 0 Å². The van der Waals surface area contributed by atoms with E-state index in [1.807, 2.05) is 0 Å². The number of ketones is 1. The fourth-order valence-electron chi connectivity index (χ4n) is 3.91. The third-order valence-electron chi connectivity index (χ3n) is 5.19. The number of carbonyl (C=O) groups is 1. The van der Waals surface area contributed by atoms with Crippen molar-refractivity contribution in [2.45, 2.75) is 50.7 Å². The van der Waals surface area contributed by atoms with E-state index in [2.05, 4.69) is 12.2 Å². The van der Waals surface area contributed by atoms with E-state index >= 15 is 0 Å². The maximum Gasteiger partial charge on any atom is 0.140 e. The lowest BCUT2D eigenvalue weighted by Gasteiger charge is -2.43. The lowest BCUT2D eigenvalue weighted by molar-refractivity contribution is -0.159. The van der Waals surface area contributed by atoms with Crippen molar-refractivity contribution in [3.63, 3.8) is 0 Å². The van der Waals surface area contributed by atoms with Gasteiger partial charge >= 0.3 is 0 Å². The lowest BCUT2D eigenvalue weighted by Crippen LogP contribution is -2.47. The highest BCUT2D eigenvalue weighted by Gasteiger charge is 2.43. The summed E-state index contributed by atoms with van der Waals surface area (Å²) in [6, 6.07) is 0.348. The topological polar surface area (TPSA) is 47.6 Å². The molecule has 0 aromatic carbocycles. The summed E-state index contributed by atoms with van der Waals surface area (Å²) in [5.41, 5.74) is -0.0634. The van der Waals surface area contributed by atoms with Crippen LogP contribution in [0, 0.1) is 11.8 Å². The average molecular weight is 267 g/mol. The second kappa shape index (κ2) is 5.51. The Morgan fingerprint density at radius 1 is 1.21 bits per heavy atom. The second-order valence-electron chi connectivity index (χ2n) is 6.37. The molecule has 3 unspecified atom stereocenters. The van der Waals surface area contributed by atoms with E-state index in [0.717, 1.165) is 58.5 Å². The van der Waals surface area contributed by atoms with E-state index < -0.39 is 0 Å². The fraction of sp³-hybridized carbons (Fsp3) is 0.933. The minimum Gasteiger partial charge on any atom is -0.381 e. The average Bonchev–Trinajstić information content (AvgIpc) is 2.85. The Labute approximate surface area is 115 Å². The Balaban J connectivity index is 1.65. The number of hydrogen-bond donors (Lipinski definition) is 1. The van der Waals surface area contributed by atoms with Crippen LogP contribution in [-0.4, -0.2) is 43.8 Å². The Bertz CT molecular complexity index is 333. The van der Waals surface area contributed by atoms with Gasteiger partial charge in [0.2, 0.25) is 0 Å². The van der Waals surface area contributed by atoms with Crippen molar-refractivity contribution in [2.75, 3.05) is 26.4 Å². The molecule has 3 aliphatic rings. The molecule has 0 aliphatic carbocycles. The van der Waals surface area contributed by atoms with Gasteiger partial charge in [-0.05, 0) is 45.6 Å². The Hall–Kier alpha value is -0.450. The third-order valence-corrected chi connectivity index (χ3v) is 5.19. The lowest BCUT2D eigenvalue weighted by atomic mass is 9.75. The quantitative estimate of drug-likeness (QED) is 0.824. The van der Waals surface area contributed by atoms with Crippen molar-refractivity contribution < 1.29 is 14.3 Å². The molecule has 3 heterocycles. The molecule has 4 heteroatoms. The van der Waals surface area contributed by atoms with Gasteiger partial charge in [-0.25, -0.2) is 0 Å². The van der Waals surface area contributed by atoms with Gasteiger partial charge in [0, 0.05) is 37.7 Å². The zero-order chi connectivity index (χ0) is 13.3. The maximum atomic E-state index is 12.7. The van der Waals surface area contributed by atoms with Crippen LogP contribution in [0.2, 0.25) is 0 Å². The molecule has 4 nitrogen and oxygen atoms in total. The summed E-state index contributed by atoms with van der Waals surface area (Å²) in [6.07, 6.45) is 4.74. The van der Waals surface area contributed by atoms with Crippen molar-refractivity contribution in [3.8, 4) is 0 Å². The van der Waals surface area contributed by atoms with E-state index in [4.69, 9.17) is 9.47 Å². The number of Topliss-reactive ketones (excluding diaryl/α,β-unsaturated/α-hetero) is 1. The molecule has 1 N–H and O–H groups in total. The molecular formula is C15H25NO3. The van der Waals surface area contributed by atoms with Crippen LogP contribution < -0.4 is 5.32 Å². The number of rotatable bonds is 2. The SMILES string of the molecule is CC1NCCC1C(=O)C1CCOC2(CCOCC2)C1. The molecular weight excluding hydrogens is 242 g/mol. The normalized spacial score (nSPS) is 38.5. The van der Waals surface area contributed by atoms with Crippen LogP contribution in [0.1, 0.15) is 39.0 Å². The van der Waals surface area contributed by atoms with Crippen LogP contribution in [0.5, 0.6) is 0 Å². The Kier molecular flexibility index (Phi) is 3.92. The summed E-state index contributed by atoms with van der Waals surface area (Å²) >= 11 is 0. The minimum absolute atomic E-state index is 0.0634. The van der Waals surface area contributed by atoms with Crippen LogP contribution in [0.25, 0.3) is 0 Å². The summed E-state index contributed by atoms with van der Waals surface area (Å²) in [5, 5.41) is 3.39. The first-order valence-corrected chi connectivity index (χ1v) is 7.69. The van der Waals surface area contributed by atoms with Gasteiger partial charge in [-0.2, -0.15) is 0 Å². The van der Waals surface area contributed by atoms with E-state index in [-0.39, 0.29) is 17.4 Å². The van der Waals surface area contributed by atoms with Gasteiger partial charge in [-0.1, -0.05) is 0 Å². The first-order chi connectivity index (χ1) is 9.20. The molecule has 1 spiro atoms. The molecule has 0 aromatic heterocycles. The van der Waals surface area contributed by atoms with Gasteiger partial charge < -0.3 is 14.8 Å².